The summed E-state index contributed by atoms with van der Waals surface area (Å²) in [6.45, 7) is 6.75. The monoisotopic (exact) mass is 482 g/mol. The molecule has 2 aromatic carbocycles. The largest absolute Gasteiger partial charge is 0.300 e. The van der Waals surface area contributed by atoms with Gasteiger partial charge in [0.05, 0.1) is 16.1 Å². The standard InChI is InChI=1S/C24H32Cl2N2O2S/c1-3-12-28(13-4-2)20-10-8-17-6-5-7-18(21(17)16-20)15-24(27-31(29)30)19-9-11-22(25)23(26)14-19/h5-7,9,11,14,20,24,27H,3-4,8,10,12-13,15-16H2,1-2H3,(H,29,30). The number of halogens is 2. The van der Waals surface area contributed by atoms with Crippen molar-refractivity contribution in [2.75, 3.05) is 13.1 Å². The molecule has 1 aliphatic carbocycles. The summed E-state index contributed by atoms with van der Waals surface area (Å²) in [6.07, 6.45) is 6.23. The molecule has 0 heterocycles. The first-order valence-electron chi connectivity index (χ1n) is 11.1. The number of hydrogen-bond donors (Lipinski definition) is 2. The van der Waals surface area contributed by atoms with E-state index in [0.717, 1.165) is 44.3 Å². The fourth-order valence-electron chi connectivity index (χ4n) is 4.70. The summed E-state index contributed by atoms with van der Waals surface area (Å²) < 4.78 is 24.0. The Labute approximate surface area is 198 Å². The van der Waals surface area contributed by atoms with Gasteiger partial charge in [0, 0.05) is 6.04 Å². The Bertz CT molecular complexity index is 903. The van der Waals surface area contributed by atoms with E-state index < -0.39 is 11.3 Å². The average molecular weight is 484 g/mol. The maximum atomic E-state index is 11.6. The summed E-state index contributed by atoms with van der Waals surface area (Å²) in [5, 5.41) is 0.917. The van der Waals surface area contributed by atoms with Crippen molar-refractivity contribution in [3.63, 3.8) is 0 Å². The van der Waals surface area contributed by atoms with Crippen LogP contribution in [-0.4, -0.2) is 32.8 Å². The van der Waals surface area contributed by atoms with Crippen LogP contribution in [0.25, 0.3) is 0 Å². The maximum absolute atomic E-state index is 11.6. The third-order valence-corrected chi connectivity index (χ3v) is 7.33. The molecule has 3 atom stereocenters. The molecule has 0 bridgehead atoms. The first-order valence-corrected chi connectivity index (χ1v) is 12.9. The van der Waals surface area contributed by atoms with Gasteiger partial charge in [0.15, 0.2) is 0 Å². The van der Waals surface area contributed by atoms with Crippen molar-refractivity contribution in [2.24, 2.45) is 0 Å². The highest BCUT2D eigenvalue weighted by atomic mass is 35.5. The van der Waals surface area contributed by atoms with Crippen LogP contribution in [0.15, 0.2) is 36.4 Å². The first kappa shape index (κ1) is 24.7. The number of nitrogens with one attached hydrogen (secondary N) is 1. The van der Waals surface area contributed by atoms with E-state index in [0.29, 0.717) is 22.5 Å². The van der Waals surface area contributed by atoms with E-state index in [1.807, 2.05) is 6.07 Å². The van der Waals surface area contributed by atoms with E-state index in [-0.39, 0.29) is 6.04 Å². The van der Waals surface area contributed by atoms with Gasteiger partial charge in [-0.1, -0.05) is 61.3 Å². The maximum Gasteiger partial charge on any atom is 0.232 e. The summed E-state index contributed by atoms with van der Waals surface area (Å²) in [6, 6.07) is 12.1. The SMILES string of the molecule is CCCN(CCC)C1CCc2cccc(CC(NS(=O)O)c3ccc(Cl)c(Cl)c3)c2C1. The van der Waals surface area contributed by atoms with Crippen LogP contribution in [0.5, 0.6) is 0 Å². The van der Waals surface area contributed by atoms with E-state index in [1.54, 1.807) is 12.1 Å². The quantitative estimate of drug-likeness (QED) is 0.409. The fraction of sp³-hybridized carbons (Fsp3) is 0.500. The second-order valence-electron chi connectivity index (χ2n) is 8.28. The number of benzene rings is 2. The Kier molecular flexibility index (Phi) is 9.38. The van der Waals surface area contributed by atoms with Crippen LogP contribution in [0.2, 0.25) is 10.0 Å². The lowest BCUT2D eigenvalue weighted by Gasteiger charge is -2.36. The smallest absolute Gasteiger partial charge is 0.232 e. The van der Waals surface area contributed by atoms with Gasteiger partial charge in [0.1, 0.15) is 0 Å². The molecule has 0 amide bonds. The summed E-state index contributed by atoms with van der Waals surface area (Å²) in [5.41, 5.74) is 4.87. The summed E-state index contributed by atoms with van der Waals surface area (Å²) in [5.74, 6) is 0. The Morgan fingerprint density at radius 1 is 1.16 bits per heavy atom. The van der Waals surface area contributed by atoms with Crippen LogP contribution in [0.4, 0.5) is 0 Å². The van der Waals surface area contributed by atoms with Crippen LogP contribution in [-0.2, 0) is 30.5 Å². The Balaban J connectivity index is 1.88. The summed E-state index contributed by atoms with van der Waals surface area (Å²) in [7, 11) is 0. The van der Waals surface area contributed by atoms with Crippen LogP contribution < -0.4 is 4.72 Å². The van der Waals surface area contributed by atoms with Gasteiger partial charge < -0.3 is 4.90 Å². The van der Waals surface area contributed by atoms with E-state index in [4.69, 9.17) is 23.2 Å². The van der Waals surface area contributed by atoms with Crippen molar-refractivity contribution in [1.29, 1.82) is 0 Å². The number of hydrogen-bond acceptors (Lipinski definition) is 2. The third-order valence-electron chi connectivity index (χ3n) is 6.11. The predicted octanol–water partition coefficient (Wildman–Crippen LogP) is 5.98. The van der Waals surface area contributed by atoms with Crippen molar-refractivity contribution >= 4 is 34.5 Å². The van der Waals surface area contributed by atoms with Gasteiger partial charge in [-0.05, 0) is 86.0 Å². The molecule has 3 unspecified atom stereocenters. The van der Waals surface area contributed by atoms with E-state index in [9.17, 15) is 8.76 Å². The minimum absolute atomic E-state index is 0.338. The molecule has 1 aliphatic rings. The van der Waals surface area contributed by atoms with E-state index in [2.05, 4.69) is 41.7 Å². The lowest BCUT2D eigenvalue weighted by molar-refractivity contribution is 0.179. The predicted molar refractivity (Wildman–Crippen MR) is 131 cm³/mol. The van der Waals surface area contributed by atoms with Crippen molar-refractivity contribution in [3.05, 3.63) is 68.7 Å². The number of aryl methyl sites for hydroxylation is 1. The van der Waals surface area contributed by atoms with Gasteiger partial charge in [0.2, 0.25) is 11.3 Å². The van der Waals surface area contributed by atoms with Crippen LogP contribution >= 0.6 is 23.2 Å². The van der Waals surface area contributed by atoms with Crippen molar-refractivity contribution in [2.45, 2.75) is 64.5 Å². The normalized spacial score (nSPS) is 18.1. The molecule has 170 valence electrons. The molecule has 7 heteroatoms. The minimum Gasteiger partial charge on any atom is -0.300 e. The zero-order valence-corrected chi connectivity index (χ0v) is 20.6. The second-order valence-corrected chi connectivity index (χ2v) is 9.83. The fourth-order valence-corrected chi connectivity index (χ4v) is 5.47. The first-order chi connectivity index (χ1) is 14.9. The molecule has 2 N–H and O–H groups in total. The lowest BCUT2D eigenvalue weighted by atomic mass is 9.82. The molecule has 2 aromatic rings. The van der Waals surface area contributed by atoms with Crippen LogP contribution in [0, 0.1) is 0 Å². The highest BCUT2D eigenvalue weighted by Gasteiger charge is 2.26. The van der Waals surface area contributed by atoms with Gasteiger partial charge in [-0.2, -0.15) is 0 Å². The molecule has 0 aliphatic heterocycles. The van der Waals surface area contributed by atoms with Crippen LogP contribution in [0.3, 0.4) is 0 Å². The van der Waals surface area contributed by atoms with Crippen molar-refractivity contribution < 1.29 is 8.76 Å². The third kappa shape index (κ3) is 6.53. The molecule has 0 radical (unpaired) electrons. The Morgan fingerprint density at radius 2 is 1.90 bits per heavy atom. The average Bonchev–Trinajstić information content (AvgIpc) is 2.74. The molecule has 3 rings (SSSR count). The van der Waals surface area contributed by atoms with Gasteiger partial charge in [0.25, 0.3) is 0 Å². The zero-order valence-electron chi connectivity index (χ0n) is 18.2. The van der Waals surface area contributed by atoms with Gasteiger partial charge >= 0.3 is 0 Å². The van der Waals surface area contributed by atoms with E-state index >= 15 is 0 Å². The molecule has 0 saturated heterocycles. The molecule has 4 nitrogen and oxygen atoms in total. The molecular formula is C24H32Cl2N2O2S. The molecule has 0 spiro atoms. The lowest BCUT2D eigenvalue weighted by Crippen LogP contribution is -2.40. The van der Waals surface area contributed by atoms with Gasteiger partial charge in [-0.15, -0.1) is 0 Å². The number of fused-ring (bicyclic) bond motifs is 1. The van der Waals surface area contributed by atoms with Crippen LogP contribution in [0.1, 0.15) is 61.4 Å². The number of nitrogens with zero attached hydrogens (tertiary/aromatic N) is 1. The Hall–Kier alpha value is -0.950. The van der Waals surface area contributed by atoms with Crippen molar-refractivity contribution in [3.8, 4) is 0 Å². The van der Waals surface area contributed by atoms with Gasteiger partial charge in [-0.25, -0.2) is 8.93 Å². The molecular weight excluding hydrogens is 451 g/mol. The molecule has 0 fully saturated rings. The van der Waals surface area contributed by atoms with E-state index in [1.165, 1.54) is 23.1 Å². The second kappa shape index (κ2) is 11.8. The highest BCUT2D eigenvalue weighted by molar-refractivity contribution is 7.77. The molecule has 0 saturated carbocycles. The Morgan fingerprint density at radius 3 is 2.55 bits per heavy atom. The topological polar surface area (TPSA) is 52.6 Å². The van der Waals surface area contributed by atoms with Crippen molar-refractivity contribution in [1.82, 2.24) is 9.62 Å². The minimum atomic E-state index is -2.14. The number of rotatable bonds is 10. The zero-order chi connectivity index (χ0) is 22.4. The summed E-state index contributed by atoms with van der Waals surface area (Å²) >= 11 is 10.2. The van der Waals surface area contributed by atoms with Gasteiger partial charge in [-0.3, -0.25) is 4.55 Å². The summed E-state index contributed by atoms with van der Waals surface area (Å²) in [4.78, 5) is 2.64. The molecule has 31 heavy (non-hydrogen) atoms. The highest BCUT2D eigenvalue weighted by Crippen LogP contribution is 2.32. The molecule has 0 aromatic heterocycles.